The SMILES string of the molecule is O=C(Cc1ccccc1F)N1CCC2(CC1)CC(OCc1ccccc1)CCO2. The molecule has 2 saturated heterocycles. The van der Waals surface area contributed by atoms with Gasteiger partial charge in [-0.1, -0.05) is 48.5 Å². The molecule has 1 atom stereocenters. The largest absolute Gasteiger partial charge is 0.375 e. The second-order valence-electron chi connectivity index (χ2n) is 8.09. The second-order valence-corrected chi connectivity index (χ2v) is 8.09. The Morgan fingerprint density at radius 1 is 1.10 bits per heavy atom. The van der Waals surface area contributed by atoms with Gasteiger partial charge in [-0.25, -0.2) is 4.39 Å². The van der Waals surface area contributed by atoms with E-state index in [4.69, 9.17) is 9.47 Å². The predicted octanol–water partition coefficient (Wildman–Crippen LogP) is 4.13. The van der Waals surface area contributed by atoms with E-state index < -0.39 is 0 Å². The highest BCUT2D eigenvalue weighted by Crippen LogP contribution is 2.36. The van der Waals surface area contributed by atoms with Gasteiger partial charge in [0.15, 0.2) is 0 Å². The summed E-state index contributed by atoms with van der Waals surface area (Å²) in [5.41, 5.74) is 1.44. The van der Waals surface area contributed by atoms with Crippen LogP contribution in [0.4, 0.5) is 4.39 Å². The van der Waals surface area contributed by atoms with E-state index in [1.807, 2.05) is 23.1 Å². The molecular formula is C24H28FNO3. The van der Waals surface area contributed by atoms with Gasteiger partial charge in [-0.05, 0) is 36.5 Å². The molecule has 154 valence electrons. The maximum absolute atomic E-state index is 13.8. The third-order valence-corrected chi connectivity index (χ3v) is 6.10. The Morgan fingerprint density at radius 3 is 2.59 bits per heavy atom. The molecule has 29 heavy (non-hydrogen) atoms. The van der Waals surface area contributed by atoms with E-state index in [2.05, 4.69) is 12.1 Å². The predicted molar refractivity (Wildman–Crippen MR) is 109 cm³/mol. The molecule has 0 radical (unpaired) electrons. The smallest absolute Gasteiger partial charge is 0.227 e. The van der Waals surface area contributed by atoms with Crippen molar-refractivity contribution in [2.45, 2.75) is 50.4 Å². The molecule has 2 aliphatic rings. The van der Waals surface area contributed by atoms with Gasteiger partial charge in [0.05, 0.1) is 24.7 Å². The first kappa shape index (κ1) is 20.0. The number of hydrogen-bond donors (Lipinski definition) is 0. The van der Waals surface area contributed by atoms with Gasteiger partial charge in [-0.2, -0.15) is 0 Å². The van der Waals surface area contributed by atoms with E-state index in [-0.39, 0.29) is 29.9 Å². The lowest BCUT2D eigenvalue weighted by molar-refractivity contribution is -0.163. The number of piperidine rings is 1. The maximum Gasteiger partial charge on any atom is 0.227 e. The number of nitrogens with zero attached hydrogens (tertiary/aromatic N) is 1. The average molecular weight is 397 g/mol. The number of carbonyl (C=O) groups is 1. The van der Waals surface area contributed by atoms with E-state index >= 15 is 0 Å². The molecule has 1 spiro atoms. The number of likely N-dealkylation sites (tertiary alicyclic amines) is 1. The summed E-state index contributed by atoms with van der Waals surface area (Å²) < 4.78 is 26.2. The number of carbonyl (C=O) groups excluding carboxylic acids is 1. The molecule has 2 aliphatic heterocycles. The molecule has 2 aromatic rings. The van der Waals surface area contributed by atoms with Gasteiger partial charge in [-0.15, -0.1) is 0 Å². The summed E-state index contributed by atoms with van der Waals surface area (Å²) in [7, 11) is 0. The van der Waals surface area contributed by atoms with Gasteiger partial charge in [0, 0.05) is 26.1 Å². The van der Waals surface area contributed by atoms with E-state index in [9.17, 15) is 9.18 Å². The van der Waals surface area contributed by atoms with E-state index in [1.165, 1.54) is 11.6 Å². The monoisotopic (exact) mass is 397 g/mol. The third kappa shape index (κ3) is 5.03. The van der Waals surface area contributed by atoms with Crippen molar-refractivity contribution >= 4 is 5.91 Å². The highest BCUT2D eigenvalue weighted by atomic mass is 19.1. The summed E-state index contributed by atoms with van der Waals surface area (Å²) in [6, 6.07) is 16.7. The molecule has 1 amide bonds. The quantitative estimate of drug-likeness (QED) is 0.762. The fourth-order valence-electron chi connectivity index (χ4n) is 4.34. The van der Waals surface area contributed by atoms with Crippen molar-refractivity contribution in [3.05, 3.63) is 71.5 Å². The summed E-state index contributed by atoms with van der Waals surface area (Å²) in [6.07, 6.45) is 3.69. The molecule has 0 N–H and O–H groups in total. The van der Waals surface area contributed by atoms with Crippen LogP contribution in [0.2, 0.25) is 0 Å². The van der Waals surface area contributed by atoms with Crippen LogP contribution < -0.4 is 0 Å². The van der Waals surface area contributed by atoms with Crippen LogP contribution in [0.1, 0.15) is 36.8 Å². The summed E-state index contributed by atoms with van der Waals surface area (Å²) in [5.74, 6) is -0.332. The third-order valence-electron chi connectivity index (χ3n) is 6.10. The summed E-state index contributed by atoms with van der Waals surface area (Å²) in [5, 5.41) is 0. The highest BCUT2D eigenvalue weighted by Gasteiger charge is 2.41. The Labute approximate surface area is 171 Å². The number of hydrogen-bond acceptors (Lipinski definition) is 3. The van der Waals surface area contributed by atoms with Crippen molar-refractivity contribution in [2.75, 3.05) is 19.7 Å². The number of ether oxygens (including phenoxy) is 2. The zero-order chi connectivity index (χ0) is 20.1. The summed E-state index contributed by atoms with van der Waals surface area (Å²) in [6.45, 7) is 2.62. The van der Waals surface area contributed by atoms with Crippen LogP contribution in [0.3, 0.4) is 0 Å². The molecule has 2 fully saturated rings. The molecule has 2 heterocycles. The Kier molecular flexibility index (Phi) is 6.26. The Hall–Kier alpha value is -2.24. The first-order valence-electron chi connectivity index (χ1n) is 10.4. The first-order chi connectivity index (χ1) is 14.1. The lowest BCUT2D eigenvalue weighted by atomic mass is 9.83. The molecule has 4 rings (SSSR count). The number of halogens is 1. The Bertz CT molecular complexity index is 818. The van der Waals surface area contributed by atoms with Crippen molar-refractivity contribution in [1.82, 2.24) is 4.90 Å². The van der Waals surface area contributed by atoms with Crippen LogP contribution in [-0.2, 0) is 27.3 Å². The van der Waals surface area contributed by atoms with E-state index in [1.54, 1.807) is 18.2 Å². The molecular weight excluding hydrogens is 369 g/mol. The van der Waals surface area contributed by atoms with Gasteiger partial charge < -0.3 is 14.4 Å². The minimum atomic E-state index is -0.316. The standard InChI is InChI=1S/C24H28FNO3/c25-22-9-5-4-8-20(22)16-23(27)26-13-11-24(12-14-26)17-21(10-15-29-24)28-18-19-6-2-1-3-7-19/h1-9,21H,10-18H2. The van der Waals surface area contributed by atoms with Crippen LogP contribution in [0.25, 0.3) is 0 Å². The molecule has 0 saturated carbocycles. The molecule has 0 aliphatic carbocycles. The molecule has 0 bridgehead atoms. The van der Waals surface area contributed by atoms with Gasteiger partial charge >= 0.3 is 0 Å². The fraction of sp³-hybridized carbons (Fsp3) is 0.458. The number of rotatable bonds is 5. The van der Waals surface area contributed by atoms with Crippen molar-refractivity contribution in [3.63, 3.8) is 0 Å². The molecule has 4 nitrogen and oxygen atoms in total. The van der Waals surface area contributed by atoms with Crippen molar-refractivity contribution in [2.24, 2.45) is 0 Å². The Morgan fingerprint density at radius 2 is 1.83 bits per heavy atom. The minimum absolute atomic E-state index is 0.0161. The van der Waals surface area contributed by atoms with E-state index in [0.29, 0.717) is 31.9 Å². The lowest BCUT2D eigenvalue weighted by Gasteiger charge is -2.46. The Balaban J connectivity index is 1.28. The van der Waals surface area contributed by atoms with Crippen molar-refractivity contribution in [1.29, 1.82) is 0 Å². The number of benzene rings is 2. The zero-order valence-electron chi connectivity index (χ0n) is 16.7. The second kappa shape index (κ2) is 9.06. The molecule has 5 heteroatoms. The topological polar surface area (TPSA) is 38.8 Å². The van der Waals surface area contributed by atoms with Crippen molar-refractivity contribution < 1.29 is 18.7 Å². The molecule has 0 aromatic heterocycles. The zero-order valence-corrected chi connectivity index (χ0v) is 16.7. The highest BCUT2D eigenvalue weighted by molar-refractivity contribution is 5.79. The van der Waals surface area contributed by atoms with Crippen molar-refractivity contribution in [3.8, 4) is 0 Å². The maximum atomic E-state index is 13.8. The van der Waals surface area contributed by atoms with Crippen LogP contribution in [0.15, 0.2) is 54.6 Å². The lowest BCUT2D eigenvalue weighted by Crippen LogP contribution is -2.52. The normalized spacial score (nSPS) is 21.3. The molecule has 1 unspecified atom stereocenters. The van der Waals surface area contributed by atoms with E-state index in [0.717, 1.165) is 25.7 Å². The number of amides is 1. The van der Waals surface area contributed by atoms with Gasteiger partial charge in [-0.3, -0.25) is 4.79 Å². The fourth-order valence-corrected chi connectivity index (χ4v) is 4.34. The van der Waals surface area contributed by atoms with Gasteiger partial charge in [0.1, 0.15) is 5.82 Å². The summed E-state index contributed by atoms with van der Waals surface area (Å²) in [4.78, 5) is 14.5. The summed E-state index contributed by atoms with van der Waals surface area (Å²) >= 11 is 0. The first-order valence-corrected chi connectivity index (χ1v) is 10.4. The minimum Gasteiger partial charge on any atom is -0.375 e. The van der Waals surface area contributed by atoms with Gasteiger partial charge in [0.2, 0.25) is 5.91 Å². The van der Waals surface area contributed by atoms with Crippen LogP contribution >= 0.6 is 0 Å². The average Bonchev–Trinajstić information content (AvgIpc) is 2.75. The van der Waals surface area contributed by atoms with Crippen LogP contribution in [0, 0.1) is 5.82 Å². The van der Waals surface area contributed by atoms with Crippen LogP contribution in [0.5, 0.6) is 0 Å². The van der Waals surface area contributed by atoms with Crippen LogP contribution in [-0.4, -0.2) is 42.2 Å². The molecule has 2 aromatic carbocycles. The van der Waals surface area contributed by atoms with Gasteiger partial charge in [0.25, 0.3) is 0 Å².